The molecule has 206 valence electrons. The molecule has 6 rings (SSSR count). The molecule has 1 atom stereocenters. The summed E-state index contributed by atoms with van der Waals surface area (Å²) in [7, 11) is 0. The molecule has 0 spiro atoms. The van der Waals surface area contributed by atoms with Crippen LogP contribution < -0.4 is 10.2 Å². The van der Waals surface area contributed by atoms with E-state index in [0.29, 0.717) is 0 Å². The number of nitrogens with one attached hydrogen (secondary N) is 1. The number of hydrogen-bond donors (Lipinski definition) is 1. The minimum Gasteiger partial charge on any atom is -0.372 e. The summed E-state index contributed by atoms with van der Waals surface area (Å²) in [5.41, 5.74) is 11.5. The van der Waals surface area contributed by atoms with Crippen LogP contribution in [0.3, 0.4) is 0 Å². The molecule has 0 saturated heterocycles. The number of rotatable bonds is 8. The van der Waals surface area contributed by atoms with Gasteiger partial charge in [-0.3, -0.25) is 0 Å². The Morgan fingerprint density at radius 1 is 0.690 bits per heavy atom. The van der Waals surface area contributed by atoms with E-state index in [1.165, 1.54) is 27.8 Å². The zero-order valence-corrected chi connectivity index (χ0v) is 24.3. The molecule has 5 aromatic carbocycles. The summed E-state index contributed by atoms with van der Waals surface area (Å²) >= 11 is 0. The van der Waals surface area contributed by atoms with E-state index in [0.717, 1.165) is 34.7 Å². The molecule has 0 radical (unpaired) electrons. The zero-order valence-electron chi connectivity index (χ0n) is 24.3. The van der Waals surface area contributed by atoms with E-state index in [2.05, 4.69) is 176 Å². The van der Waals surface area contributed by atoms with E-state index in [-0.39, 0.29) is 5.54 Å². The lowest BCUT2D eigenvalue weighted by Gasteiger charge is -2.35. The molecular weight excluding hydrogens is 508 g/mol. The Hall–Kier alpha value is -5.08. The van der Waals surface area contributed by atoms with Crippen molar-refractivity contribution in [1.82, 2.24) is 0 Å². The normalized spacial score (nSPS) is 16.0. The summed E-state index contributed by atoms with van der Waals surface area (Å²) in [4.78, 5) is 2.31. The number of hydrogen-bond acceptors (Lipinski definition) is 2. The molecule has 0 fully saturated rings. The van der Waals surface area contributed by atoms with Crippen LogP contribution in [0, 0.1) is 13.8 Å². The highest BCUT2D eigenvalue weighted by atomic mass is 15.1. The van der Waals surface area contributed by atoms with E-state index in [4.69, 9.17) is 0 Å². The van der Waals surface area contributed by atoms with E-state index < -0.39 is 0 Å². The van der Waals surface area contributed by atoms with E-state index in [9.17, 15) is 0 Å². The largest absolute Gasteiger partial charge is 0.372 e. The van der Waals surface area contributed by atoms with Crippen LogP contribution >= 0.6 is 0 Å². The number of anilines is 4. The number of benzene rings is 5. The van der Waals surface area contributed by atoms with Crippen molar-refractivity contribution < 1.29 is 0 Å². The highest BCUT2D eigenvalue weighted by Crippen LogP contribution is 2.39. The predicted molar refractivity (Wildman–Crippen MR) is 181 cm³/mol. The van der Waals surface area contributed by atoms with Crippen LogP contribution in [0.2, 0.25) is 0 Å². The van der Waals surface area contributed by atoms with Crippen LogP contribution in [-0.4, -0.2) is 0 Å². The molecule has 0 saturated carbocycles. The number of allylic oxidation sites excluding steroid dienone is 2. The van der Waals surface area contributed by atoms with Gasteiger partial charge in [-0.25, -0.2) is 0 Å². The van der Waals surface area contributed by atoms with Gasteiger partial charge >= 0.3 is 0 Å². The molecule has 1 aliphatic carbocycles. The standard InChI is InChI=1S/C40H36N2/c1-4-32-16-20-37(21-17-32)42(39-15-9-11-31(3)29-39)38-22-18-33(19-23-38)34-24-26-40(27-25-34,35-12-6-5-7-13-35)41-36-14-8-10-30(2)28-36/h4-26,28-29,41H,1,27H2,2-3H3. The second kappa shape index (κ2) is 11.8. The first-order valence-corrected chi connectivity index (χ1v) is 14.5. The van der Waals surface area contributed by atoms with Crippen LogP contribution in [0.15, 0.2) is 152 Å². The first-order chi connectivity index (χ1) is 20.5. The molecule has 2 nitrogen and oxygen atoms in total. The maximum atomic E-state index is 3.91. The summed E-state index contributed by atoms with van der Waals surface area (Å²) in [6.45, 7) is 8.18. The summed E-state index contributed by atoms with van der Waals surface area (Å²) in [6.07, 6.45) is 9.68. The number of nitrogens with zero attached hydrogens (tertiary/aromatic N) is 1. The van der Waals surface area contributed by atoms with Crippen molar-refractivity contribution in [3.8, 4) is 0 Å². The maximum absolute atomic E-state index is 3.91. The third-order valence-corrected chi connectivity index (χ3v) is 7.97. The van der Waals surface area contributed by atoms with Crippen molar-refractivity contribution in [3.05, 3.63) is 180 Å². The smallest absolute Gasteiger partial charge is 0.0847 e. The first kappa shape index (κ1) is 27.1. The average molecular weight is 545 g/mol. The molecule has 0 amide bonds. The van der Waals surface area contributed by atoms with Gasteiger partial charge in [0, 0.05) is 22.7 Å². The van der Waals surface area contributed by atoms with Gasteiger partial charge in [-0.05, 0) is 102 Å². The lowest BCUT2D eigenvalue weighted by Crippen LogP contribution is -2.34. The van der Waals surface area contributed by atoms with Crippen molar-refractivity contribution >= 4 is 34.4 Å². The van der Waals surface area contributed by atoms with Gasteiger partial charge in [0.25, 0.3) is 0 Å². The summed E-state index contributed by atoms with van der Waals surface area (Å²) in [5.74, 6) is 0. The molecule has 0 aliphatic heterocycles. The minimum absolute atomic E-state index is 0.307. The topological polar surface area (TPSA) is 15.3 Å². The Balaban J connectivity index is 1.30. The van der Waals surface area contributed by atoms with Crippen LogP contribution in [0.25, 0.3) is 11.6 Å². The molecule has 2 heteroatoms. The third kappa shape index (κ3) is 5.70. The van der Waals surface area contributed by atoms with Crippen LogP contribution in [0.4, 0.5) is 22.7 Å². The van der Waals surface area contributed by atoms with Gasteiger partial charge in [-0.1, -0.05) is 110 Å². The first-order valence-electron chi connectivity index (χ1n) is 14.5. The van der Waals surface area contributed by atoms with E-state index in [1.807, 2.05) is 6.08 Å². The second-order valence-corrected chi connectivity index (χ2v) is 11.0. The Morgan fingerprint density at radius 3 is 1.98 bits per heavy atom. The highest BCUT2D eigenvalue weighted by Gasteiger charge is 2.30. The van der Waals surface area contributed by atoms with Crippen LogP contribution in [0.1, 0.15) is 34.2 Å². The van der Waals surface area contributed by atoms with Gasteiger partial charge in [0.05, 0.1) is 5.54 Å². The fourth-order valence-corrected chi connectivity index (χ4v) is 5.72. The molecule has 42 heavy (non-hydrogen) atoms. The monoisotopic (exact) mass is 544 g/mol. The van der Waals surface area contributed by atoms with Gasteiger partial charge in [-0.15, -0.1) is 0 Å². The van der Waals surface area contributed by atoms with E-state index >= 15 is 0 Å². The molecule has 1 aliphatic rings. The van der Waals surface area contributed by atoms with Crippen molar-refractivity contribution in [2.45, 2.75) is 25.8 Å². The van der Waals surface area contributed by atoms with Crippen molar-refractivity contribution in [2.24, 2.45) is 0 Å². The fraction of sp³-hybridized carbons (Fsp3) is 0.100. The molecule has 0 bridgehead atoms. The average Bonchev–Trinajstić information content (AvgIpc) is 3.03. The SMILES string of the molecule is C=Cc1ccc(N(c2ccc(C3=CCC(Nc4cccc(C)c4)(c4ccccc4)C=C3)cc2)c2cccc(C)c2)cc1. The quantitative estimate of drug-likeness (QED) is 0.209. The van der Waals surface area contributed by atoms with Gasteiger partial charge in [0.1, 0.15) is 0 Å². The van der Waals surface area contributed by atoms with E-state index in [1.54, 1.807) is 0 Å². The maximum Gasteiger partial charge on any atom is 0.0847 e. The van der Waals surface area contributed by atoms with Crippen LogP contribution in [0.5, 0.6) is 0 Å². The second-order valence-electron chi connectivity index (χ2n) is 11.0. The summed E-state index contributed by atoms with van der Waals surface area (Å²) < 4.78 is 0. The lowest BCUT2D eigenvalue weighted by atomic mass is 9.81. The minimum atomic E-state index is -0.307. The van der Waals surface area contributed by atoms with Gasteiger partial charge in [0.2, 0.25) is 0 Å². The Kier molecular flexibility index (Phi) is 7.62. The summed E-state index contributed by atoms with van der Waals surface area (Å²) in [6, 6.07) is 45.4. The predicted octanol–water partition coefficient (Wildman–Crippen LogP) is 10.8. The van der Waals surface area contributed by atoms with Gasteiger partial charge in [0.15, 0.2) is 0 Å². The Labute approximate surface area is 250 Å². The molecule has 0 aromatic heterocycles. The number of aryl methyl sites for hydroxylation is 2. The molecule has 5 aromatic rings. The van der Waals surface area contributed by atoms with Crippen molar-refractivity contribution in [1.29, 1.82) is 0 Å². The summed E-state index contributed by atoms with van der Waals surface area (Å²) in [5, 5.41) is 3.85. The van der Waals surface area contributed by atoms with Gasteiger partial charge in [-0.2, -0.15) is 0 Å². The molecule has 1 unspecified atom stereocenters. The molecule has 1 N–H and O–H groups in total. The zero-order chi connectivity index (χ0) is 28.9. The molecular formula is C40H36N2. The van der Waals surface area contributed by atoms with Crippen molar-refractivity contribution in [3.63, 3.8) is 0 Å². The van der Waals surface area contributed by atoms with Crippen molar-refractivity contribution in [2.75, 3.05) is 10.2 Å². The molecule has 0 heterocycles. The van der Waals surface area contributed by atoms with Gasteiger partial charge < -0.3 is 10.2 Å². The third-order valence-electron chi connectivity index (χ3n) is 7.97. The van der Waals surface area contributed by atoms with Crippen LogP contribution in [-0.2, 0) is 5.54 Å². The fourth-order valence-electron chi connectivity index (χ4n) is 5.72. The lowest BCUT2D eigenvalue weighted by molar-refractivity contribution is 0.619. The Morgan fingerprint density at radius 2 is 1.36 bits per heavy atom. The highest BCUT2D eigenvalue weighted by molar-refractivity contribution is 5.81. The Bertz CT molecular complexity index is 1740.